The molecule has 0 aliphatic carbocycles. The minimum absolute atomic E-state index is 0.0427. The number of carbonyl (C=O) groups excluding carboxylic acids is 1. The number of anilines is 1. The second-order valence-electron chi connectivity index (χ2n) is 7.59. The lowest BCUT2D eigenvalue weighted by molar-refractivity contribution is 0.0737. The number of aromatic nitrogens is 2. The fraction of sp³-hybridized carbons (Fsp3) is 0.200. The molecular formula is C25H24N4O3. The van der Waals surface area contributed by atoms with Gasteiger partial charge in [0.2, 0.25) is 0 Å². The van der Waals surface area contributed by atoms with Gasteiger partial charge in [0.15, 0.2) is 5.76 Å². The predicted molar refractivity (Wildman–Crippen MR) is 122 cm³/mol. The normalized spacial score (nSPS) is 13.9. The lowest BCUT2D eigenvalue weighted by atomic mass is 10.2. The van der Waals surface area contributed by atoms with E-state index in [1.807, 2.05) is 65.6 Å². The van der Waals surface area contributed by atoms with E-state index in [-0.39, 0.29) is 5.91 Å². The number of ether oxygens (including phenoxy) is 1. The first-order chi connectivity index (χ1) is 15.7. The van der Waals surface area contributed by atoms with Crippen LogP contribution in [0.25, 0.3) is 17.1 Å². The van der Waals surface area contributed by atoms with Gasteiger partial charge in [-0.2, -0.15) is 5.10 Å². The van der Waals surface area contributed by atoms with E-state index in [0.29, 0.717) is 30.2 Å². The molecule has 0 bridgehead atoms. The van der Waals surface area contributed by atoms with Gasteiger partial charge in [-0.15, -0.1) is 0 Å². The molecule has 162 valence electrons. The number of hydrogen-bond donors (Lipinski definition) is 0. The van der Waals surface area contributed by atoms with E-state index >= 15 is 0 Å². The third kappa shape index (κ3) is 3.73. The van der Waals surface area contributed by atoms with E-state index in [1.54, 1.807) is 24.1 Å². The van der Waals surface area contributed by atoms with Crippen molar-refractivity contribution < 1.29 is 13.9 Å². The highest BCUT2D eigenvalue weighted by Gasteiger charge is 2.27. The molecule has 0 spiro atoms. The highest BCUT2D eigenvalue weighted by Crippen LogP contribution is 2.29. The molecule has 0 unspecified atom stereocenters. The highest BCUT2D eigenvalue weighted by atomic mass is 16.5. The number of para-hydroxylation sites is 3. The van der Waals surface area contributed by atoms with E-state index in [9.17, 15) is 4.79 Å². The number of methoxy groups -OCH3 is 1. The lowest BCUT2D eigenvalue weighted by Gasteiger charge is -2.36. The monoisotopic (exact) mass is 428 g/mol. The molecule has 0 atom stereocenters. The number of carbonyl (C=O) groups is 1. The highest BCUT2D eigenvalue weighted by molar-refractivity contribution is 5.94. The summed E-state index contributed by atoms with van der Waals surface area (Å²) >= 11 is 0. The first kappa shape index (κ1) is 19.9. The molecule has 0 radical (unpaired) electrons. The molecule has 2 aromatic carbocycles. The molecule has 0 N–H and O–H groups in total. The van der Waals surface area contributed by atoms with Crippen LogP contribution in [0.3, 0.4) is 0 Å². The molecule has 5 rings (SSSR count). The van der Waals surface area contributed by atoms with Crippen molar-refractivity contribution in [3.63, 3.8) is 0 Å². The molecule has 4 aromatic rings. The van der Waals surface area contributed by atoms with Crippen LogP contribution in [0.5, 0.6) is 5.75 Å². The molecule has 2 aromatic heterocycles. The molecule has 0 saturated carbocycles. The largest absolute Gasteiger partial charge is 0.495 e. The van der Waals surface area contributed by atoms with Gasteiger partial charge in [0.05, 0.1) is 24.7 Å². The summed E-state index contributed by atoms with van der Waals surface area (Å²) in [6, 6.07) is 23.1. The fourth-order valence-electron chi connectivity index (χ4n) is 4.05. The van der Waals surface area contributed by atoms with Crippen molar-refractivity contribution in [2.45, 2.75) is 0 Å². The summed E-state index contributed by atoms with van der Waals surface area (Å²) in [4.78, 5) is 17.7. The van der Waals surface area contributed by atoms with Gasteiger partial charge < -0.3 is 19.0 Å². The Balaban J connectivity index is 1.40. The van der Waals surface area contributed by atoms with Gasteiger partial charge in [-0.05, 0) is 36.4 Å². The molecule has 7 nitrogen and oxygen atoms in total. The number of hydrogen-bond acceptors (Lipinski definition) is 5. The third-order valence-corrected chi connectivity index (χ3v) is 5.70. The topological polar surface area (TPSA) is 63.7 Å². The van der Waals surface area contributed by atoms with Crippen LogP contribution in [0.15, 0.2) is 83.5 Å². The zero-order valence-electron chi connectivity index (χ0n) is 17.8. The van der Waals surface area contributed by atoms with Crippen molar-refractivity contribution in [1.82, 2.24) is 14.7 Å². The SMILES string of the molecule is COc1ccccc1N1CCN(C(=O)c2cc(-c3ccco3)nn2-c2ccccc2)CC1. The maximum Gasteiger partial charge on any atom is 0.272 e. The maximum absolute atomic E-state index is 13.5. The molecule has 3 heterocycles. The van der Waals surface area contributed by atoms with Crippen LogP contribution in [-0.4, -0.2) is 53.9 Å². The van der Waals surface area contributed by atoms with Crippen LogP contribution in [0.1, 0.15) is 10.5 Å². The van der Waals surface area contributed by atoms with Crippen molar-refractivity contribution in [3.05, 3.63) is 84.8 Å². The van der Waals surface area contributed by atoms with E-state index in [2.05, 4.69) is 16.1 Å². The summed E-state index contributed by atoms with van der Waals surface area (Å²) in [5.74, 6) is 1.44. The number of benzene rings is 2. The lowest BCUT2D eigenvalue weighted by Crippen LogP contribution is -2.49. The number of amides is 1. The maximum atomic E-state index is 13.5. The molecule has 1 fully saturated rings. The quantitative estimate of drug-likeness (QED) is 0.479. The number of rotatable bonds is 5. The second-order valence-corrected chi connectivity index (χ2v) is 7.59. The number of furan rings is 1. The first-order valence-corrected chi connectivity index (χ1v) is 10.6. The molecular weight excluding hydrogens is 404 g/mol. The minimum Gasteiger partial charge on any atom is -0.495 e. The second kappa shape index (κ2) is 8.63. The number of nitrogens with zero attached hydrogens (tertiary/aromatic N) is 4. The molecule has 32 heavy (non-hydrogen) atoms. The Labute approximate surface area is 186 Å². The molecule has 1 saturated heterocycles. The van der Waals surface area contributed by atoms with E-state index < -0.39 is 0 Å². The number of piperazine rings is 1. The van der Waals surface area contributed by atoms with Gasteiger partial charge in [-0.1, -0.05) is 30.3 Å². The van der Waals surface area contributed by atoms with E-state index in [0.717, 1.165) is 30.2 Å². The summed E-state index contributed by atoms with van der Waals surface area (Å²) in [5, 5.41) is 4.67. The summed E-state index contributed by atoms with van der Waals surface area (Å²) in [6.07, 6.45) is 1.61. The summed E-state index contributed by atoms with van der Waals surface area (Å²) in [6.45, 7) is 2.70. The smallest absolute Gasteiger partial charge is 0.272 e. The van der Waals surface area contributed by atoms with E-state index in [4.69, 9.17) is 9.15 Å². The zero-order chi connectivity index (χ0) is 21.9. The van der Waals surface area contributed by atoms with Crippen molar-refractivity contribution >= 4 is 11.6 Å². The van der Waals surface area contributed by atoms with Crippen molar-refractivity contribution in [2.75, 3.05) is 38.2 Å². The van der Waals surface area contributed by atoms with E-state index in [1.165, 1.54) is 0 Å². The standard InChI is InChI=1S/C25H24N4O3/c1-31-24-11-6-5-10-21(24)27-13-15-28(16-14-27)25(30)22-18-20(23-12-7-17-32-23)26-29(22)19-8-3-2-4-9-19/h2-12,17-18H,13-16H2,1H3. The average molecular weight is 428 g/mol. The summed E-state index contributed by atoms with van der Waals surface area (Å²) < 4.78 is 12.7. The molecule has 1 aliphatic heterocycles. The first-order valence-electron chi connectivity index (χ1n) is 10.6. The van der Waals surface area contributed by atoms with Crippen molar-refractivity contribution in [3.8, 4) is 22.9 Å². The van der Waals surface area contributed by atoms with Crippen LogP contribution >= 0.6 is 0 Å². The van der Waals surface area contributed by atoms with Crippen molar-refractivity contribution in [2.24, 2.45) is 0 Å². The molecule has 7 heteroatoms. The Morgan fingerprint density at radius 2 is 1.69 bits per heavy atom. The van der Waals surface area contributed by atoms with Crippen LogP contribution in [0, 0.1) is 0 Å². The zero-order valence-corrected chi connectivity index (χ0v) is 17.8. The Bertz CT molecular complexity index is 1190. The Morgan fingerprint density at radius 3 is 2.41 bits per heavy atom. The van der Waals surface area contributed by atoms with Crippen molar-refractivity contribution in [1.29, 1.82) is 0 Å². The Hall–Kier alpha value is -4.00. The minimum atomic E-state index is -0.0427. The van der Waals surface area contributed by atoms with Gasteiger partial charge in [0, 0.05) is 32.2 Å². The van der Waals surface area contributed by atoms with Crippen LogP contribution in [-0.2, 0) is 0 Å². The fourth-order valence-corrected chi connectivity index (χ4v) is 4.05. The Kier molecular flexibility index (Phi) is 5.37. The van der Waals surface area contributed by atoms with Gasteiger partial charge in [0.1, 0.15) is 17.1 Å². The van der Waals surface area contributed by atoms with Gasteiger partial charge in [-0.25, -0.2) is 4.68 Å². The van der Waals surface area contributed by atoms with Crippen LogP contribution < -0.4 is 9.64 Å². The van der Waals surface area contributed by atoms with Gasteiger partial charge in [-0.3, -0.25) is 4.79 Å². The van der Waals surface area contributed by atoms with Gasteiger partial charge in [0.25, 0.3) is 5.91 Å². The predicted octanol–water partition coefficient (Wildman–Crippen LogP) is 4.10. The average Bonchev–Trinajstić information content (AvgIpc) is 3.55. The van der Waals surface area contributed by atoms with Crippen LogP contribution in [0.2, 0.25) is 0 Å². The Morgan fingerprint density at radius 1 is 0.938 bits per heavy atom. The molecule has 1 aliphatic rings. The van der Waals surface area contributed by atoms with Crippen LogP contribution in [0.4, 0.5) is 5.69 Å². The molecule has 1 amide bonds. The summed E-state index contributed by atoms with van der Waals surface area (Å²) in [7, 11) is 1.68. The van der Waals surface area contributed by atoms with Gasteiger partial charge >= 0.3 is 0 Å². The summed E-state index contributed by atoms with van der Waals surface area (Å²) in [5.41, 5.74) is 3.04. The third-order valence-electron chi connectivity index (χ3n) is 5.70.